The fourth-order valence-electron chi connectivity index (χ4n) is 0.941. The van der Waals surface area contributed by atoms with Crippen LogP contribution in [0.2, 0.25) is 5.02 Å². The van der Waals surface area contributed by atoms with Crippen LogP contribution in [0.1, 0.15) is 11.7 Å². The van der Waals surface area contributed by atoms with Crippen LogP contribution in [0.4, 0.5) is 0 Å². The van der Waals surface area contributed by atoms with Gasteiger partial charge >= 0.3 is 0 Å². The lowest BCUT2D eigenvalue weighted by Gasteiger charge is -2.05. The minimum absolute atomic E-state index is 0.560. The number of hydrogen-bond donors (Lipinski definition) is 1. The number of benzene rings is 1. The summed E-state index contributed by atoms with van der Waals surface area (Å²) in [6.45, 7) is 0. The Hall–Kier alpha value is -1.32. The molecule has 0 radical (unpaired) electrons. The average molecular weight is 212 g/mol. The lowest BCUT2D eigenvalue weighted by molar-refractivity contribution is -0.297. The number of aliphatic hydroxyl groups is 1. The smallest absolute Gasteiger partial charge is 0.0975 e. The number of carboxylic acid groups (broad SMARTS) is 1. The highest BCUT2D eigenvalue weighted by Crippen LogP contribution is 2.16. The van der Waals surface area contributed by atoms with Crippen molar-refractivity contribution in [2.75, 3.05) is 0 Å². The van der Waals surface area contributed by atoms with Crippen LogP contribution in [0, 0.1) is 0 Å². The molecule has 4 heteroatoms. The van der Waals surface area contributed by atoms with Crippen molar-refractivity contribution in [2.24, 2.45) is 0 Å². The van der Waals surface area contributed by atoms with Crippen molar-refractivity contribution < 1.29 is 15.0 Å². The Morgan fingerprint density at radius 3 is 2.50 bits per heavy atom. The average Bonchev–Trinajstić information content (AvgIpc) is 2.15. The maximum absolute atomic E-state index is 10.1. The molecule has 1 atom stereocenters. The highest BCUT2D eigenvalue weighted by atomic mass is 35.5. The summed E-state index contributed by atoms with van der Waals surface area (Å²) in [6.07, 6.45) is 0.975. The zero-order valence-corrected chi connectivity index (χ0v) is 7.94. The fourth-order valence-corrected chi connectivity index (χ4v) is 1.07. The van der Waals surface area contributed by atoms with Crippen LogP contribution in [-0.2, 0) is 4.79 Å². The summed E-state index contributed by atoms with van der Waals surface area (Å²) in [4.78, 5) is 10.1. The molecule has 1 aromatic rings. The summed E-state index contributed by atoms with van der Waals surface area (Å²) in [5, 5.41) is 20.1. The van der Waals surface area contributed by atoms with Gasteiger partial charge in [0.15, 0.2) is 0 Å². The second-order valence-electron chi connectivity index (χ2n) is 2.67. The molecule has 0 aliphatic heterocycles. The van der Waals surface area contributed by atoms with Crippen molar-refractivity contribution in [2.45, 2.75) is 6.10 Å². The van der Waals surface area contributed by atoms with Gasteiger partial charge in [-0.05, 0) is 29.8 Å². The molecule has 0 saturated heterocycles. The van der Waals surface area contributed by atoms with E-state index in [1.165, 1.54) is 0 Å². The fraction of sp³-hybridized carbons (Fsp3) is 0.100. The maximum atomic E-state index is 10.1. The Bertz CT molecular complexity index is 343. The van der Waals surface area contributed by atoms with E-state index >= 15 is 0 Å². The normalized spacial score (nSPS) is 13.0. The minimum Gasteiger partial charge on any atom is -0.545 e. The van der Waals surface area contributed by atoms with E-state index in [1.807, 2.05) is 0 Å². The van der Waals surface area contributed by atoms with E-state index in [2.05, 4.69) is 0 Å². The lowest BCUT2D eigenvalue weighted by atomic mass is 10.1. The van der Waals surface area contributed by atoms with E-state index in [4.69, 9.17) is 11.6 Å². The number of halogens is 1. The quantitative estimate of drug-likeness (QED) is 0.748. The standard InChI is InChI=1S/C10H9ClO3/c11-8-3-1-7(2-4-8)9(12)5-6-10(13)14/h1-6,9,12H,(H,13,14)/p-1. The van der Waals surface area contributed by atoms with Gasteiger partial charge in [0.25, 0.3) is 0 Å². The Morgan fingerprint density at radius 2 is 2.00 bits per heavy atom. The van der Waals surface area contributed by atoms with Gasteiger partial charge in [0, 0.05) is 5.02 Å². The van der Waals surface area contributed by atoms with Crippen molar-refractivity contribution in [3.8, 4) is 0 Å². The molecule has 74 valence electrons. The summed E-state index contributed by atoms with van der Waals surface area (Å²) in [6, 6.07) is 6.47. The number of carbonyl (C=O) groups is 1. The largest absolute Gasteiger partial charge is 0.545 e. The molecule has 1 aromatic carbocycles. The van der Waals surface area contributed by atoms with E-state index in [0.29, 0.717) is 10.6 Å². The first-order chi connectivity index (χ1) is 6.59. The molecule has 0 fully saturated rings. The lowest BCUT2D eigenvalue weighted by Crippen LogP contribution is -2.19. The van der Waals surface area contributed by atoms with Crippen molar-refractivity contribution >= 4 is 17.6 Å². The number of aliphatic hydroxyl groups excluding tert-OH is 1. The third-order valence-corrected chi connectivity index (χ3v) is 1.88. The van der Waals surface area contributed by atoms with Gasteiger partial charge < -0.3 is 15.0 Å². The Labute approximate surface area is 86.3 Å². The molecule has 1 N–H and O–H groups in total. The molecule has 1 unspecified atom stereocenters. The van der Waals surface area contributed by atoms with Crippen LogP contribution in [0.25, 0.3) is 0 Å². The van der Waals surface area contributed by atoms with Gasteiger partial charge in [-0.3, -0.25) is 0 Å². The molecule has 0 bridgehead atoms. The van der Waals surface area contributed by atoms with Gasteiger partial charge in [0.05, 0.1) is 12.1 Å². The summed E-state index contributed by atoms with van der Waals surface area (Å²) >= 11 is 5.64. The molecule has 0 aliphatic carbocycles. The molecule has 0 aromatic heterocycles. The molecule has 14 heavy (non-hydrogen) atoms. The molecular weight excluding hydrogens is 204 g/mol. The third kappa shape index (κ3) is 3.20. The van der Waals surface area contributed by atoms with Crippen LogP contribution < -0.4 is 5.11 Å². The zero-order valence-electron chi connectivity index (χ0n) is 7.18. The van der Waals surface area contributed by atoms with Crippen molar-refractivity contribution in [3.63, 3.8) is 0 Å². The highest BCUT2D eigenvalue weighted by Gasteiger charge is 2.01. The molecule has 0 aliphatic rings. The summed E-state index contributed by atoms with van der Waals surface area (Å²) in [5.74, 6) is -1.34. The van der Waals surface area contributed by atoms with Crippen molar-refractivity contribution in [3.05, 3.63) is 47.0 Å². The molecular formula is C10H8ClO3-. The van der Waals surface area contributed by atoms with E-state index in [-0.39, 0.29) is 0 Å². The third-order valence-electron chi connectivity index (χ3n) is 1.63. The second kappa shape index (κ2) is 4.79. The molecule has 0 heterocycles. The van der Waals surface area contributed by atoms with E-state index in [1.54, 1.807) is 24.3 Å². The Kier molecular flexibility index (Phi) is 3.68. The van der Waals surface area contributed by atoms with E-state index in [0.717, 1.165) is 12.2 Å². The topological polar surface area (TPSA) is 60.4 Å². The SMILES string of the molecule is O=C([O-])C=CC(O)c1ccc(Cl)cc1. The summed E-state index contributed by atoms with van der Waals surface area (Å²) in [5.41, 5.74) is 0.576. The Balaban J connectivity index is 2.74. The molecule has 0 spiro atoms. The summed E-state index contributed by atoms with van der Waals surface area (Å²) in [7, 11) is 0. The Morgan fingerprint density at radius 1 is 1.43 bits per heavy atom. The molecule has 0 amide bonds. The van der Waals surface area contributed by atoms with Crippen LogP contribution in [0.5, 0.6) is 0 Å². The monoisotopic (exact) mass is 211 g/mol. The maximum Gasteiger partial charge on any atom is 0.0975 e. The van der Waals surface area contributed by atoms with Gasteiger partial charge in [0.1, 0.15) is 0 Å². The van der Waals surface area contributed by atoms with Gasteiger partial charge in [0.2, 0.25) is 0 Å². The molecule has 0 saturated carbocycles. The van der Waals surface area contributed by atoms with E-state index in [9.17, 15) is 15.0 Å². The van der Waals surface area contributed by atoms with Gasteiger partial charge in [-0.2, -0.15) is 0 Å². The molecule has 1 rings (SSSR count). The number of rotatable bonds is 3. The first-order valence-electron chi connectivity index (χ1n) is 3.92. The van der Waals surface area contributed by atoms with Crippen LogP contribution in [0.3, 0.4) is 0 Å². The van der Waals surface area contributed by atoms with E-state index < -0.39 is 12.1 Å². The van der Waals surface area contributed by atoms with Crippen LogP contribution in [-0.4, -0.2) is 11.1 Å². The second-order valence-corrected chi connectivity index (χ2v) is 3.11. The summed E-state index contributed by atoms with van der Waals surface area (Å²) < 4.78 is 0. The first-order valence-corrected chi connectivity index (χ1v) is 4.30. The van der Waals surface area contributed by atoms with Crippen molar-refractivity contribution in [1.29, 1.82) is 0 Å². The van der Waals surface area contributed by atoms with Gasteiger partial charge in [-0.25, -0.2) is 0 Å². The molecule has 3 nitrogen and oxygen atoms in total. The number of hydrogen-bond acceptors (Lipinski definition) is 3. The van der Waals surface area contributed by atoms with Crippen molar-refractivity contribution in [1.82, 2.24) is 0 Å². The predicted octanol–water partition coefficient (Wildman–Crippen LogP) is 0.679. The van der Waals surface area contributed by atoms with Crippen LogP contribution >= 0.6 is 11.6 Å². The number of aliphatic carboxylic acids is 1. The number of carbonyl (C=O) groups excluding carboxylic acids is 1. The zero-order chi connectivity index (χ0) is 10.6. The predicted molar refractivity (Wildman–Crippen MR) is 50.6 cm³/mol. The van der Waals surface area contributed by atoms with Gasteiger partial charge in [-0.15, -0.1) is 0 Å². The highest BCUT2D eigenvalue weighted by molar-refractivity contribution is 6.30. The first kappa shape index (κ1) is 10.8. The van der Waals surface area contributed by atoms with Crippen LogP contribution in [0.15, 0.2) is 36.4 Å². The van der Waals surface area contributed by atoms with Gasteiger partial charge in [-0.1, -0.05) is 23.7 Å². The number of carboxylic acids is 1. The minimum atomic E-state index is -1.34.